The van der Waals surface area contributed by atoms with Crippen LogP contribution in [0.2, 0.25) is 0 Å². The number of aliphatic carboxylic acids is 1. The monoisotopic (exact) mass is 970 g/mol. The van der Waals surface area contributed by atoms with Crippen LogP contribution in [0.5, 0.6) is 0 Å². The summed E-state index contributed by atoms with van der Waals surface area (Å²) in [6.45, 7) is 7.53. The molecule has 0 aliphatic carbocycles. The Morgan fingerprint density at radius 2 is 1.00 bits per heavy atom. The molecular formula is C54H64N6O7P2. The Hall–Kier alpha value is -6.26. The summed E-state index contributed by atoms with van der Waals surface area (Å²) >= 11 is 0. The highest BCUT2D eigenvalue weighted by Crippen LogP contribution is 2.36. The van der Waals surface area contributed by atoms with Crippen molar-refractivity contribution in [2.24, 2.45) is 17.6 Å². The largest absolute Gasteiger partial charge is 0.480 e. The molecule has 362 valence electrons. The highest BCUT2D eigenvalue weighted by molar-refractivity contribution is 7.73. The van der Waals surface area contributed by atoms with Crippen LogP contribution >= 0.6 is 15.8 Å². The SMILES string of the molecule is CC(C)C[C@@H](NC(=O)[C@H](CP(c1ccccc1)c1ccccc1)NC(=O)[C@H](NC(=O)[C@@H]1CCCN1C(=O)[C@H](CP(c1ccccc1)c1ccccc1)NC(=O)[C@H](N)c1ccccc1)C(C)C)C(=O)O. The van der Waals surface area contributed by atoms with E-state index in [1.807, 2.05) is 141 Å². The molecule has 5 amide bonds. The van der Waals surface area contributed by atoms with Crippen molar-refractivity contribution >= 4 is 72.6 Å². The fourth-order valence-corrected chi connectivity index (χ4v) is 13.3. The minimum absolute atomic E-state index is 0.0405. The second-order valence-electron chi connectivity index (χ2n) is 18.0. The highest BCUT2D eigenvalue weighted by atomic mass is 31.1. The van der Waals surface area contributed by atoms with Gasteiger partial charge in [-0.25, -0.2) is 4.79 Å². The number of nitrogens with zero attached hydrogens (tertiary/aromatic N) is 1. The number of nitrogens with two attached hydrogens (primary N) is 1. The lowest BCUT2D eigenvalue weighted by atomic mass is 10.0. The molecule has 0 spiro atoms. The number of carboxylic acids is 1. The van der Waals surface area contributed by atoms with Gasteiger partial charge < -0.3 is 37.0 Å². The number of carbonyl (C=O) groups is 6. The van der Waals surface area contributed by atoms with Gasteiger partial charge in [-0.15, -0.1) is 0 Å². The predicted molar refractivity (Wildman–Crippen MR) is 276 cm³/mol. The fraction of sp³-hybridized carbons (Fsp3) is 0.333. The number of hydrogen-bond acceptors (Lipinski definition) is 7. The third kappa shape index (κ3) is 14.4. The Labute approximate surface area is 407 Å². The Morgan fingerprint density at radius 1 is 0.580 bits per heavy atom. The topological polar surface area (TPSA) is 200 Å². The second-order valence-corrected chi connectivity index (χ2v) is 22.5. The molecule has 1 heterocycles. The molecular weight excluding hydrogens is 907 g/mol. The molecule has 1 saturated heterocycles. The van der Waals surface area contributed by atoms with Gasteiger partial charge in [0.1, 0.15) is 36.3 Å². The van der Waals surface area contributed by atoms with Gasteiger partial charge in [-0.1, -0.05) is 179 Å². The summed E-state index contributed by atoms with van der Waals surface area (Å²) in [5.41, 5.74) is 7.07. The molecule has 0 bridgehead atoms. The number of likely N-dealkylation sites (tertiary alicyclic amines) is 1. The van der Waals surface area contributed by atoms with E-state index in [0.29, 0.717) is 18.4 Å². The third-order valence-corrected chi connectivity index (χ3v) is 17.2. The smallest absolute Gasteiger partial charge is 0.326 e. The number of benzene rings is 5. The van der Waals surface area contributed by atoms with Gasteiger partial charge in [0.05, 0.1) is 0 Å². The van der Waals surface area contributed by atoms with Crippen molar-refractivity contribution in [1.82, 2.24) is 26.2 Å². The minimum Gasteiger partial charge on any atom is -0.480 e. The van der Waals surface area contributed by atoms with Gasteiger partial charge in [-0.05, 0) is 73.7 Å². The number of rotatable bonds is 22. The van der Waals surface area contributed by atoms with E-state index >= 15 is 4.79 Å². The first-order chi connectivity index (χ1) is 33.2. The Balaban J connectivity index is 1.26. The van der Waals surface area contributed by atoms with Gasteiger partial charge in [-0.3, -0.25) is 24.0 Å². The first-order valence-corrected chi connectivity index (χ1v) is 26.6. The first kappa shape index (κ1) is 52.1. The summed E-state index contributed by atoms with van der Waals surface area (Å²) in [5.74, 6) is -4.49. The summed E-state index contributed by atoms with van der Waals surface area (Å²) in [6.07, 6.45) is 1.38. The van der Waals surface area contributed by atoms with Crippen LogP contribution in [0.3, 0.4) is 0 Å². The molecule has 69 heavy (non-hydrogen) atoms. The van der Waals surface area contributed by atoms with E-state index in [9.17, 15) is 29.1 Å². The van der Waals surface area contributed by atoms with Crippen molar-refractivity contribution < 1.29 is 33.9 Å². The van der Waals surface area contributed by atoms with E-state index in [2.05, 4.69) is 21.3 Å². The third-order valence-electron chi connectivity index (χ3n) is 12.1. The van der Waals surface area contributed by atoms with Crippen molar-refractivity contribution in [3.05, 3.63) is 157 Å². The second kappa shape index (κ2) is 25.4. The number of nitrogens with one attached hydrogen (secondary N) is 4. The average Bonchev–Trinajstić information content (AvgIpc) is 3.86. The standard InChI is InChI=1S/C54H64N6O7P2/c1-36(2)33-43(54(66)67)56-49(61)44(34-68(39-23-12-6-13-24-39)40-25-14-7-15-26-40)57-52(64)48(37(3)4)59-50(62)46-31-20-32-60(46)53(65)45(58-51(63)47(55)38-21-10-5-11-22-38)35-69(41-27-16-8-17-28-41)42-29-18-9-19-30-42/h5-19,21-30,36-37,43-48H,20,31-35,55H2,1-4H3,(H,56,61)(H,57,64)(H,58,63)(H,59,62)(H,66,67)/t43-,44+,45+,46+,47-,48-/m1/s1. The molecule has 1 aliphatic rings. The van der Waals surface area contributed by atoms with Crippen molar-refractivity contribution in [2.45, 2.75) is 83.2 Å². The van der Waals surface area contributed by atoms with Crippen LogP contribution in [-0.4, -0.2) is 94.6 Å². The zero-order chi connectivity index (χ0) is 49.5. The van der Waals surface area contributed by atoms with Gasteiger partial charge in [0.2, 0.25) is 29.5 Å². The summed E-state index contributed by atoms with van der Waals surface area (Å²) in [7, 11) is -2.43. The molecule has 6 atom stereocenters. The summed E-state index contributed by atoms with van der Waals surface area (Å²) in [4.78, 5) is 86.2. The molecule has 5 aromatic rings. The van der Waals surface area contributed by atoms with Crippen molar-refractivity contribution in [1.29, 1.82) is 0 Å². The Morgan fingerprint density at radius 3 is 1.43 bits per heavy atom. The average molecular weight is 971 g/mol. The van der Waals surface area contributed by atoms with Crippen molar-refractivity contribution in [3.8, 4) is 0 Å². The zero-order valence-corrected chi connectivity index (χ0v) is 41.4. The van der Waals surface area contributed by atoms with Crippen LogP contribution in [0.4, 0.5) is 0 Å². The fourth-order valence-electron chi connectivity index (χ4n) is 8.48. The molecule has 0 radical (unpaired) electrons. The summed E-state index contributed by atoms with van der Waals surface area (Å²) in [6, 6.07) is 41.3. The lowest BCUT2D eigenvalue weighted by molar-refractivity contribution is -0.143. The van der Waals surface area contributed by atoms with Crippen molar-refractivity contribution in [3.63, 3.8) is 0 Å². The quantitative estimate of drug-likeness (QED) is 0.0538. The van der Waals surface area contributed by atoms with Crippen LogP contribution in [0, 0.1) is 11.8 Å². The van der Waals surface area contributed by atoms with Crippen LogP contribution in [0.1, 0.15) is 58.6 Å². The van der Waals surface area contributed by atoms with Gasteiger partial charge in [0.15, 0.2) is 0 Å². The molecule has 1 aliphatic heterocycles. The minimum atomic E-state index is -1.24. The van der Waals surface area contributed by atoms with Crippen LogP contribution in [0.15, 0.2) is 152 Å². The van der Waals surface area contributed by atoms with E-state index in [0.717, 1.165) is 21.2 Å². The maximum atomic E-state index is 15.0. The first-order valence-electron chi connectivity index (χ1n) is 23.5. The maximum Gasteiger partial charge on any atom is 0.326 e. The molecule has 5 aromatic carbocycles. The van der Waals surface area contributed by atoms with Crippen LogP contribution in [0.25, 0.3) is 0 Å². The van der Waals surface area contributed by atoms with Gasteiger partial charge in [-0.2, -0.15) is 0 Å². The zero-order valence-electron chi connectivity index (χ0n) is 39.6. The van der Waals surface area contributed by atoms with E-state index in [1.54, 1.807) is 38.1 Å². The number of carbonyl (C=O) groups excluding carboxylic acids is 5. The normalized spacial score (nSPS) is 15.8. The van der Waals surface area contributed by atoms with E-state index in [4.69, 9.17) is 5.73 Å². The summed E-state index contributed by atoms with van der Waals surface area (Å²) in [5, 5.41) is 25.6. The van der Waals surface area contributed by atoms with E-state index < -0.39 is 93.5 Å². The van der Waals surface area contributed by atoms with Crippen molar-refractivity contribution in [2.75, 3.05) is 18.9 Å². The number of hydrogen-bond donors (Lipinski definition) is 6. The molecule has 13 nitrogen and oxygen atoms in total. The van der Waals surface area contributed by atoms with Crippen LogP contribution < -0.4 is 48.2 Å². The van der Waals surface area contributed by atoms with Crippen LogP contribution in [-0.2, 0) is 28.8 Å². The van der Waals surface area contributed by atoms with Gasteiger partial charge in [0.25, 0.3) is 0 Å². The molecule has 6 rings (SSSR count). The molecule has 0 saturated carbocycles. The Bertz CT molecular complexity index is 2390. The van der Waals surface area contributed by atoms with E-state index in [-0.39, 0.29) is 31.2 Å². The lowest BCUT2D eigenvalue weighted by Crippen LogP contribution is -2.60. The lowest BCUT2D eigenvalue weighted by Gasteiger charge is -2.33. The molecule has 15 heteroatoms. The molecule has 7 N–H and O–H groups in total. The number of carboxylic acid groups (broad SMARTS) is 1. The molecule has 1 fully saturated rings. The molecule has 0 unspecified atom stereocenters. The predicted octanol–water partition coefficient (Wildman–Crippen LogP) is 4.67. The maximum absolute atomic E-state index is 15.0. The number of amides is 5. The highest BCUT2D eigenvalue weighted by Gasteiger charge is 2.41. The summed E-state index contributed by atoms with van der Waals surface area (Å²) < 4.78 is 0. The Kier molecular flexibility index (Phi) is 19.2. The molecule has 0 aromatic heterocycles. The van der Waals surface area contributed by atoms with Gasteiger partial charge in [0, 0.05) is 18.9 Å². The van der Waals surface area contributed by atoms with E-state index in [1.165, 1.54) is 4.90 Å². The van der Waals surface area contributed by atoms with Gasteiger partial charge >= 0.3 is 5.97 Å².